The molecule has 3 N–H and O–H groups in total. The molecule has 2 unspecified atom stereocenters. The molecule has 3 saturated heterocycles. The van der Waals surface area contributed by atoms with Crippen molar-refractivity contribution in [3.63, 3.8) is 0 Å². The number of benzene rings is 1. The van der Waals surface area contributed by atoms with Gasteiger partial charge in [0, 0.05) is 36.9 Å². The van der Waals surface area contributed by atoms with Crippen molar-refractivity contribution in [1.29, 1.82) is 0 Å². The Morgan fingerprint density at radius 2 is 2.03 bits per heavy atom. The average Bonchev–Trinajstić information content (AvgIpc) is 3.24. The quantitative estimate of drug-likeness (QED) is 0.595. The molecule has 0 aliphatic carbocycles. The van der Waals surface area contributed by atoms with Gasteiger partial charge in [-0.05, 0) is 44.0 Å². The molecule has 0 saturated carbocycles. The van der Waals surface area contributed by atoms with E-state index in [0.717, 1.165) is 45.3 Å². The smallest absolute Gasteiger partial charge is 0.267 e. The van der Waals surface area contributed by atoms with Crippen LogP contribution in [0.25, 0.3) is 0 Å². The summed E-state index contributed by atoms with van der Waals surface area (Å²) < 4.78 is 42.1. The molecule has 3 fully saturated rings. The summed E-state index contributed by atoms with van der Waals surface area (Å²) >= 11 is 0. The van der Waals surface area contributed by atoms with Gasteiger partial charge in [-0.15, -0.1) is 0 Å². The number of primary amides is 1. The number of carbonyl (C=O) groups excluding carboxylic acids is 2. The van der Waals surface area contributed by atoms with Crippen molar-refractivity contribution in [3.05, 3.63) is 53.9 Å². The Bertz CT molecular complexity index is 1090. The predicted molar refractivity (Wildman–Crippen MR) is 126 cm³/mol. The van der Waals surface area contributed by atoms with Gasteiger partial charge in [0.05, 0.1) is 19.3 Å². The zero-order chi connectivity index (χ0) is 25.7. The minimum Gasteiger partial charge on any atom is -0.489 e. The summed E-state index contributed by atoms with van der Waals surface area (Å²) in [6.45, 7) is 6.77. The molecule has 9 nitrogen and oxygen atoms in total. The van der Waals surface area contributed by atoms with Gasteiger partial charge in [0.2, 0.25) is 5.82 Å². The maximum Gasteiger partial charge on any atom is 0.267 e. The first-order chi connectivity index (χ1) is 17.2. The summed E-state index contributed by atoms with van der Waals surface area (Å²) in [5.74, 6) is -2.64. The Labute approximate surface area is 207 Å². The van der Waals surface area contributed by atoms with E-state index in [9.17, 15) is 18.4 Å². The second-order valence-electron chi connectivity index (χ2n) is 9.40. The predicted octanol–water partition coefficient (Wildman–Crippen LogP) is 2.36. The highest BCUT2D eigenvalue weighted by Crippen LogP contribution is 2.37. The summed E-state index contributed by atoms with van der Waals surface area (Å²) in [4.78, 5) is 28.9. The number of nitrogens with two attached hydrogens (primary N) is 1. The fourth-order valence-electron chi connectivity index (χ4n) is 4.38. The number of ether oxygens (including phenoxy) is 3. The molecule has 4 heterocycles. The molecular formula is C25H30F2N4O5. The minimum absolute atomic E-state index is 0.0165. The monoisotopic (exact) mass is 504 g/mol. The number of rotatable bonds is 7. The van der Waals surface area contributed by atoms with E-state index in [2.05, 4.69) is 15.2 Å². The van der Waals surface area contributed by atoms with Crippen LogP contribution >= 0.6 is 0 Å². The number of nitrogens with one attached hydrogen (secondary N) is 1. The molecule has 11 heteroatoms. The molecule has 1 aromatic heterocycles. The lowest BCUT2D eigenvalue weighted by atomic mass is 9.78. The molecule has 1 spiro atoms. The summed E-state index contributed by atoms with van der Waals surface area (Å²) in [5, 5.41) is 2.69. The molecule has 2 aromatic rings. The van der Waals surface area contributed by atoms with Crippen molar-refractivity contribution < 1.29 is 32.6 Å². The highest BCUT2D eigenvalue weighted by atomic mass is 19.2. The van der Waals surface area contributed by atoms with Crippen molar-refractivity contribution in [2.24, 2.45) is 11.1 Å². The summed E-state index contributed by atoms with van der Waals surface area (Å²) in [6.07, 6.45) is 2.69. The second kappa shape index (κ2) is 11.3. The van der Waals surface area contributed by atoms with Crippen LogP contribution < -0.4 is 15.8 Å². The van der Waals surface area contributed by atoms with Gasteiger partial charge >= 0.3 is 0 Å². The summed E-state index contributed by atoms with van der Waals surface area (Å²) in [5.41, 5.74) is 6.11. The summed E-state index contributed by atoms with van der Waals surface area (Å²) in [6, 6.07) is 7.01. The van der Waals surface area contributed by atoms with Gasteiger partial charge in [0.15, 0.2) is 11.6 Å². The van der Waals surface area contributed by atoms with Gasteiger partial charge in [-0.25, -0.2) is 4.39 Å². The van der Waals surface area contributed by atoms with Crippen LogP contribution in [0.2, 0.25) is 0 Å². The van der Waals surface area contributed by atoms with Gasteiger partial charge < -0.3 is 25.3 Å². The van der Waals surface area contributed by atoms with Crippen LogP contribution in [-0.2, 0) is 14.3 Å². The maximum atomic E-state index is 13.3. The van der Waals surface area contributed by atoms with Gasteiger partial charge in [-0.2, -0.15) is 4.39 Å². The first kappa shape index (κ1) is 25.9. The van der Waals surface area contributed by atoms with Gasteiger partial charge in [0.25, 0.3) is 11.8 Å². The number of pyridine rings is 1. The minimum atomic E-state index is -0.912. The zero-order valence-corrected chi connectivity index (χ0v) is 20.0. The molecule has 36 heavy (non-hydrogen) atoms. The van der Waals surface area contributed by atoms with Crippen LogP contribution in [0.15, 0.2) is 36.5 Å². The Morgan fingerprint density at radius 1 is 1.25 bits per heavy atom. The van der Waals surface area contributed by atoms with E-state index in [1.54, 1.807) is 6.07 Å². The van der Waals surface area contributed by atoms with E-state index >= 15 is 0 Å². The highest BCUT2D eigenvalue weighted by Gasteiger charge is 2.48. The van der Waals surface area contributed by atoms with E-state index in [1.165, 1.54) is 24.4 Å². The molecule has 0 radical (unpaired) electrons. The molecule has 3 aliphatic rings. The topological polar surface area (TPSA) is 116 Å². The van der Waals surface area contributed by atoms with Crippen LogP contribution in [0, 0.1) is 17.0 Å². The lowest BCUT2D eigenvalue weighted by molar-refractivity contribution is -0.189. The van der Waals surface area contributed by atoms with E-state index in [-0.39, 0.29) is 23.5 Å². The zero-order valence-electron chi connectivity index (χ0n) is 20.0. The standard InChI is InChI=1S/C13H15F2NO2.C12H15N3O3/c14-10-2-1-3-11(12(10)15)18-5-4-16-6-13(7-16)8-17-9-13;1-7-2-3-10(18-7)12(17)15-8-4-5-14-9(6-8)11(13)16/h1-3H,4-9H2;4-7,10H,2-3H2,1H3,(H2,13,16)(H,14,15,17). The largest absolute Gasteiger partial charge is 0.489 e. The van der Waals surface area contributed by atoms with Gasteiger partial charge in [-0.1, -0.05) is 6.07 Å². The van der Waals surface area contributed by atoms with Gasteiger partial charge in [0.1, 0.15) is 18.4 Å². The van der Waals surface area contributed by atoms with E-state index < -0.39 is 23.6 Å². The van der Waals surface area contributed by atoms with E-state index in [4.69, 9.17) is 19.9 Å². The van der Waals surface area contributed by atoms with Crippen molar-refractivity contribution in [3.8, 4) is 5.75 Å². The number of likely N-dealkylation sites (tertiary alicyclic amines) is 1. The number of hydrogen-bond acceptors (Lipinski definition) is 7. The first-order valence-corrected chi connectivity index (χ1v) is 11.8. The average molecular weight is 505 g/mol. The van der Waals surface area contributed by atoms with Crippen molar-refractivity contribution in [2.45, 2.75) is 32.0 Å². The van der Waals surface area contributed by atoms with Crippen LogP contribution in [-0.4, -0.2) is 73.4 Å². The van der Waals surface area contributed by atoms with E-state index in [1.807, 2.05) is 6.92 Å². The second-order valence-corrected chi connectivity index (χ2v) is 9.40. The molecule has 2 amide bonds. The van der Waals surface area contributed by atoms with Crippen LogP contribution in [0.1, 0.15) is 30.3 Å². The number of aromatic nitrogens is 1. The SMILES string of the molecule is CC1CCC(C(=O)Nc2ccnc(C(N)=O)c2)O1.Fc1cccc(OCCN2CC3(COC3)C2)c1F. The van der Waals surface area contributed by atoms with Crippen LogP contribution in [0.3, 0.4) is 0 Å². The Balaban J connectivity index is 0.000000169. The molecule has 5 rings (SSSR count). The van der Waals surface area contributed by atoms with Gasteiger partial charge in [-0.3, -0.25) is 19.5 Å². The molecule has 0 bridgehead atoms. The summed E-state index contributed by atoms with van der Waals surface area (Å²) in [7, 11) is 0. The molecule has 3 aliphatic heterocycles. The highest BCUT2D eigenvalue weighted by molar-refractivity contribution is 5.96. The third-order valence-electron chi connectivity index (χ3n) is 6.32. The lowest BCUT2D eigenvalue weighted by Gasteiger charge is -2.55. The fourth-order valence-corrected chi connectivity index (χ4v) is 4.38. The van der Waals surface area contributed by atoms with Crippen molar-refractivity contribution in [1.82, 2.24) is 9.88 Å². The Kier molecular flexibility index (Phi) is 8.12. The van der Waals surface area contributed by atoms with E-state index in [0.29, 0.717) is 24.1 Å². The number of amides is 2. The Hall–Kier alpha value is -3.15. The molecular weight excluding hydrogens is 474 g/mol. The molecule has 2 atom stereocenters. The third-order valence-corrected chi connectivity index (χ3v) is 6.32. The van der Waals surface area contributed by atoms with Crippen molar-refractivity contribution >= 4 is 17.5 Å². The van der Waals surface area contributed by atoms with Crippen LogP contribution in [0.4, 0.5) is 14.5 Å². The molecule has 194 valence electrons. The molecule has 1 aromatic carbocycles. The number of anilines is 1. The number of nitrogens with zero attached hydrogens (tertiary/aromatic N) is 2. The Morgan fingerprint density at radius 3 is 2.67 bits per heavy atom. The number of hydrogen-bond donors (Lipinski definition) is 2. The lowest BCUT2D eigenvalue weighted by Crippen LogP contribution is -2.66. The third kappa shape index (κ3) is 6.34. The van der Waals surface area contributed by atoms with Crippen molar-refractivity contribution in [2.75, 3.05) is 44.8 Å². The maximum absolute atomic E-state index is 13.3. The first-order valence-electron chi connectivity index (χ1n) is 11.8. The van der Waals surface area contributed by atoms with Crippen LogP contribution in [0.5, 0.6) is 5.75 Å². The number of carbonyl (C=O) groups is 2. The number of halogens is 2. The normalized spacial score (nSPS) is 22.1. The fraction of sp³-hybridized carbons (Fsp3) is 0.480.